The summed E-state index contributed by atoms with van der Waals surface area (Å²) < 4.78 is 5.28. The minimum absolute atomic E-state index is 0.149. The van der Waals surface area contributed by atoms with Crippen LogP contribution < -0.4 is 10.1 Å². The van der Waals surface area contributed by atoms with Gasteiger partial charge < -0.3 is 10.1 Å². The van der Waals surface area contributed by atoms with E-state index in [-0.39, 0.29) is 5.91 Å². The zero-order valence-corrected chi connectivity index (χ0v) is 14.4. The predicted molar refractivity (Wildman–Crippen MR) is 90.4 cm³/mol. The lowest BCUT2D eigenvalue weighted by atomic mass is 9.84. The van der Waals surface area contributed by atoms with E-state index in [2.05, 4.69) is 12.2 Å². The van der Waals surface area contributed by atoms with Gasteiger partial charge in [-0.3, -0.25) is 4.79 Å². The van der Waals surface area contributed by atoms with E-state index in [0.29, 0.717) is 12.5 Å². The van der Waals surface area contributed by atoms with Gasteiger partial charge in [0.15, 0.2) is 0 Å². The Bertz CT molecular complexity index is 493. The highest BCUT2D eigenvalue weighted by Gasteiger charge is 2.21. The predicted octanol–water partition coefficient (Wildman–Crippen LogP) is 3.94. The van der Waals surface area contributed by atoms with Crippen molar-refractivity contribution in [1.82, 2.24) is 5.32 Å². The number of ether oxygens (including phenoxy) is 1. The van der Waals surface area contributed by atoms with Gasteiger partial charge in [-0.15, -0.1) is 0 Å². The molecular formula is C19H29NO2. The van der Waals surface area contributed by atoms with E-state index in [1.54, 1.807) is 7.11 Å². The van der Waals surface area contributed by atoms with E-state index >= 15 is 0 Å². The highest BCUT2D eigenvalue weighted by molar-refractivity contribution is 5.79. The zero-order chi connectivity index (χ0) is 16.1. The minimum atomic E-state index is 0.149. The molecule has 2 rings (SSSR count). The van der Waals surface area contributed by atoms with Crippen molar-refractivity contribution in [2.75, 3.05) is 7.11 Å². The maximum Gasteiger partial charge on any atom is 0.224 e. The Morgan fingerprint density at radius 1 is 1.18 bits per heavy atom. The van der Waals surface area contributed by atoms with Gasteiger partial charge in [0.1, 0.15) is 5.75 Å². The first-order valence-corrected chi connectivity index (χ1v) is 8.47. The number of hydrogen-bond acceptors (Lipinski definition) is 2. The molecule has 0 unspecified atom stereocenters. The van der Waals surface area contributed by atoms with Crippen LogP contribution in [0.15, 0.2) is 12.1 Å². The van der Waals surface area contributed by atoms with Crippen LogP contribution >= 0.6 is 0 Å². The van der Waals surface area contributed by atoms with Gasteiger partial charge in [0.25, 0.3) is 0 Å². The van der Waals surface area contributed by atoms with Crippen molar-refractivity contribution in [2.45, 2.75) is 65.3 Å². The number of benzene rings is 1. The van der Waals surface area contributed by atoms with Crippen LogP contribution in [0.5, 0.6) is 5.75 Å². The number of nitrogens with one attached hydrogen (secondary N) is 1. The van der Waals surface area contributed by atoms with Crippen molar-refractivity contribution in [1.29, 1.82) is 0 Å². The summed E-state index contributed by atoms with van der Waals surface area (Å²) in [6.07, 6.45) is 6.50. The fourth-order valence-electron chi connectivity index (χ4n) is 3.50. The average Bonchev–Trinajstić information content (AvgIpc) is 2.51. The molecule has 3 nitrogen and oxygen atoms in total. The summed E-state index contributed by atoms with van der Waals surface area (Å²) in [5.74, 6) is 1.87. The van der Waals surface area contributed by atoms with Crippen molar-refractivity contribution in [2.24, 2.45) is 5.92 Å². The molecule has 1 N–H and O–H groups in total. The van der Waals surface area contributed by atoms with Crippen LogP contribution in [0.4, 0.5) is 0 Å². The molecule has 0 aromatic heterocycles. The van der Waals surface area contributed by atoms with Gasteiger partial charge >= 0.3 is 0 Å². The van der Waals surface area contributed by atoms with Gasteiger partial charge in [0.2, 0.25) is 5.91 Å². The van der Waals surface area contributed by atoms with Crippen LogP contribution in [0.1, 0.15) is 55.7 Å². The van der Waals surface area contributed by atoms with Crippen molar-refractivity contribution in [3.63, 3.8) is 0 Å². The van der Waals surface area contributed by atoms with Crippen LogP contribution in [0, 0.1) is 19.8 Å². The molecule has 0 atom stereocenters. The smallest absolute Gasteiger partial charge is 0.224 e. The van der Waals surface area contributed by atoms with Crippen LogP contribution in [0.25, 0.3) is 0 Å². The number of amides is 1. The lowest BCUT2D eigenvalue weighted by Gasteiger charge is -2.28. The van der Waals surface area contributed by atoms with Crippen LogP contribution in [-0.2, 0) is 11.2 Å². The van der Waals surface area contributed by atoms with Crippen molar-refractivity contribution < 1.29 is 9.53 Å². The molecule has 0 aliphatic heterocycles. The molecule has 1 aliphatic carbocycles. The molecule has 22 heavy (non-hydrogen) atoms. The number of rotatable bonds is 5. The summed E-state index contributed by atoms with van der Waals surface area (Å²) in [4.78, 5) is 12.3. The largest absolute Gasteiger partial charge is 0.497 e. The molecular weight excluding hydrogens is 274 g/mol. The second-order valence-electron chi connectivity index (χ2n) is 6.61. The molecule has 0 spiro atoms. The summed E-state index contributed by atoms with van der Waals surface area (Å²) in [6, 6.07) is 4.37. The highest BCUT2D eigenvalue weighted by atomic mass is 16.5. The number of carbonyl (C=O) groups is 1. The molecule has 0 radical (unpaired) electrons. The Kier molecular flexibility index (Phi) is 5.87. The number of hydrogen-bond donors (Lipinski definition) is 1. The van der Waals surface area contributed by atoms with E-state index in [1.165, 1.54) is 19.3 Å². The first-order valence-electron chi connectivity index (χ1n) is 8.47. The van der Waals surface area contributed by atoms with Crippen LogP contribution in [0.2, 0.25) is 0 Å². The third kappa shape index (κ3) is 4.25. The van der Waals surface area contributed by atoms with E-state index in [4.69, 9.17) is 4.74 Å². The van der Waals surface area contributed by atoms with Gasteiger partial charge in [-0.1, -0.05) is 13.3 Å². The molecule has 122 valence electrons. The summed E-state index contributed by atoms with van der Waals surface area (Å²) in [5, 5.41) is 3.22. The summed E-state index contributed by atoms with van der Waals surface area (Å²) in [5.41, 5.74) is 3.38. The molecule has 1 aromatic carbocycles. The zero-order valence-electron chi connectivity index (χ0n) is 14.4. The molecule has 0 heterocycles. The summed E-state index contributed by atoms with van der Waals surface area (Å²) in [6.45, 7) is 6.36. The molecule has 1 aromatic rings. The minimum Gasteiger partial charge on any atom is -0.497 e. The number of carbonyl (C=O) groups excluding carboxylic acids is 1. The standard InChI is InChI=1S/C19H29NO2/c1-5-15-6-8-16(9-7-15)20-19(21)12-18-13(2)10-17(22-4)11-14(18)3/h10-11,15-16H,5-9,12H2,1-4H3,(H,20,21). The number of methoxy groups -OCH3 is 1. The third-order valence-electron chi connectivity index (χ3n) is 5.03. The normalized spacial score (nSPS) is 21.5. The monoisotopic (exact) mass is 303 g/mol. The second kappa shape index (κ2) is 7.66. The molecule has 1 fully saturated rings. The van der Waals surface area contributed by atoms with E-state index in [9.17, 15) is 4.79 Å². The van der Waals surface area contributed by atoms with Crippen molar-refractivity contribution in [3.8, 4) is 5.75 Å². The van der Waals surface area contributed by atoms with Gasteiger partial charge in [0, 0.05) is 6.04 Å². The Balaban J connectivity index is 1.93. The molecule has 0 saturated heterocycles. The SMILES string of the molecule is CCC1CCC(NC(=O)Cc2c(C)cc(OC)cc2C)CC1. The van der Waals surface area contributed by atoms with Gasteiger partial charge in [-0.05, 0) is 74.3 Å². The second-order valence-corrected chi connectivity index (χ2v) is 6.61. The van der Waals surface area contributed by atoms with Gasteiger partial charge in [-0.25, -0.2) is 0 Å². The first kappa shape index (κ1) is 16.9. The maximum absolute atomic E-state index is 12.3. The maximum atomic E-state index is 12.3. The Morgan fingerprint density at radius 2 is 1.77 bits per heavy atom. The van der Waals surface area contributed by atoms with Gasteiger partial charge in [0.05, 0.1) is 13.5 Å². The van der Waals surface area contributed by atoms with E-state index in [1.807, 2.05) is 26.0 Å². The van der Waals surface area contributed by atoms with Crippen LogP contribution in [0.3, 0.4) is 0 Å². The van der Waals surface area contributed by atoms with Crippen LogP contribution in [-0.4, -0.2) is 19.1 Å². The quantitative estimate of drug-likeness (QED) is 0.894. The summed E-state index contributed by atoms with van der Waals surface area (Å²) >= 11 is 0. The highest BCUT2D eigenvalue weighted by Crippen LogP contribution is 2.27. The molecule has 3 heteroatoms. The number of aryl methyl sites for hydroxylation is 2. The Labute approximate surface area is 134 Å². The fourth-order valence-corrected chi connectivity index (χ4v) is 3.50. The van der Waals surface area contributed by atoms with Crippen molar-refractivity contribution in [3.05, 3.63) is 28.8 Å². The molecule has 1 aliphatic rings. The molecule has 1 amide bonds. The Hall–Kier alpha value is -1.51. The lowest BCUT2D eigenvalue weighted by Crippen LogP contribution is -2.38. The van der Waals surface area contributed by atoms with Crippen molar-refractivity contribution >= 4 is 5.91 Å². The van der Waals surface area contributed by atoms with Gasteiger partial charge in [-0.2, -0.15) is 0 Å². The topological polar surface area (TPSA) is 38.3 Å². The fraction of sp³-hybridized carbons (Fsp3) is 0.632. The van der Waals surface area contributed by atoms with E-state index in [0.717, 1.165) is 41.2 Å². The third-order valence-corrected chi connectivity index (χ3v) is 5.03. The summed E-state index contributed by atoms with van der Waals surface area (Å²) in [7, 11) is 1.67. The average molecular weight is 303 g/mol. The van der Waals surface area contributed by atoms with E-state index < -0.39 is 0 Å². The Morgan fingerprint density at radius 3 is 2.27 bits per heavy atom. The molecule has 1 saturated carbocycles. The molecule has 0 bridgehead atoms. The first-order chi connectivity index (χ1) is 10.5. The lowest BCUT2D eigenvalue weighted by molar-refractivity contribution is -0.121.